The maximum atomic E-state index is 10.6. The third-order valence-electron chi connectivity index (χ3n) is 0.749. The number of rotatable bonds is 4. The van der Waals surface area contributed by atoms with Crippen LogP contribution in [0.2, 0.25) is 0 Å². The first-order chi connectivity index (χ1) is 5.16. The number of hydrogen-bond donors (Lipinski definition) is 2. The Bertz CT molecular complexity index is 149. The van der Waals surface area contributed by atoms with E-state index in [0.717, 1.165) is 0 Å². The molecule has 5 heteroatoms. The molecule has 0 aliphatic heterocycles. The number of nitrogens with one attached hydrogen (secondary N) is 1. The summed E-state index contributed by atoms with van der Waals surface area (Å²) in [5.74, 6) is 0. The summed E-state index contributed by atoms with van der Waals surface area (Å²) >= 11 is 3.06. The van der Waals surface area contributed by atoms with Gasteiger partial charge in [-0.1, -0.05) is 22.5 Å². The maximum Gasteiger partial charge on any atom is 0.407 e. The molecule has 0 aliphatic carbocycles. The van der Waals surface area contributed by atoms with Crippen LogP contribution in [0, 0.1) is 0 Å². The zero-order valence-corrected chi connectivity index (χ0v) is 7.56. The fraction of sp³-hybridized carbons (Fsp3) is 0.500. The lowest BCUT2D eigenvalue weighted by Crippen LogP contribution is -2.26. The highest BCUT2D eigenvalue weighted by Gasteiger charge is 1.98. The molecule has 0 aromatic rings. The van der Waals surface area contributed by atoms with E-state index in [2.05, 4.69) is 32.6 Å². The van der Waals surface area contributed by atoms with Crippen LogP contribution in [0.3, 0.4) is 0 Å². The van der Waals surface area contributed by atoms with Crippen molar-refractivity contribution in [3.05, 3.63) is 11.1 Å². The predicted molar refractivity (Wildman–Crippen MR) is 44.5 cm³/mol. The Labute approximate surface area is 73.4 Å². The predicted octanol–water partition coefficient (Wildman–Crippen LogP) is 0.613. The molecule has 0 spiro atoms. The Morgan fingerprint density at radius 1 is 1.73 bits per heavy atom. The summed E-state index contributed by atoms with van der Waals surface area (Å²) in [7, 11) is 0. The third kappa shape index (κ3) is 7.35. The van der Waals surface area contributed by atoms with E-state index >= 15 is 0 Å². The van der Waals surface area contributed by atoms with Crippen molar-refractivity contribution in [1.82, 2.24) is 5.32 Å². The molecule has 0 rings (SSSR count). The summed E-state index contributed by atoms with van der Waals surface area (Å²) in [6.07, 6.45) is -0.556. The molecule has 0 aromatic carbocycles. The Balaban J connectivity index is 3.30. The van der Waals surface area contributed by atoms with Gasteiger partial charge in [-0.15, -0.1) is 0 Å². The van der Waals surface area contributed by atoms with E-state index in [1.807, 2.05) is 0 Å². The van der Waals surface area contributed by atoms with E-state index in [-0.39, 0.29) is 13.2 Å². The molecule has 11 heavy (non-hydrogen) atoms. The minimum absolute atomic E-state index is 0.0145. The molecule has 2 N–H and O–H groups in total. The molecular weight excluding hydrogens is 214 g/mol. The van der Waals surface area contributed by atoms with E-state index in [1.54, 1.807) is 0 Å². The quantitative estimate of drug-likeness (QED) is 0.735. The molecular formula is C6H10BrNO3. The van der Waals surface area contributed by atoms with Crippen LogP contribution in [-0.2, 0) is 4.74 Å². The van der Waals surface area contributed by atoms with Crippen molar-refractivity contribution in [3.8, 4) is 0 Å². The van der Waals surface area contributed by atoms with Crippen molar-refractivity contribution in [2.75, 3.05) is 19.8 Å². The molecule has 0 unspecified atom stereocenters. The van der Waals surface area contributed by atoms with Gasteiger partial charge in [0.15, 0.2) is 0 Å². The highest BCUT2D eigenvalue weighted by molar-refractivity contribution is 9.11. The van der Waals surface area contributed by atoms with Crippen molar-refractivity contribution < 1.29 is 14.6 Å². The van der Waals surface area contributed by atoms with Crippen molar-refractivity contribution in [2.45, 2.75) is 0 Å². The van der Waals surface area contributed by atoms with Crippen molar-refractivity contribution in [2.24, 2.45) is 0 Å². The van der Waals surface area contributed by atoms with Gasteiger partial charge in [0, 0.05) is 4.48 Å². The first kappa shape index (κ1) is 10.4. The second kappa shape index (κ2) is 6.18. The number of hydrogen-bond acceptors (Lipinski definition) is 3. The van der Waals surface area contributed by atoms with Crippen molar-refractivity contribution >= 4 is 22.0 Å². The van der Waals surface area contributed by atoms with E-state index in [4.69, 9.17) is 5.11 Å². The minimum atomic E-state index is -0.556. The number of amides is 1. The lowest BCUT2D eigenvalue weighted by atomic mass is 10.6. The molecule has 0 aliphatic rings. The first-order valence-corrected chi connectivity index (χ1v) is 3.81. The molecule has 0 heterocycles. The molecule has 0 aromatic heterocycles. The fourth-order valence-corrected chi connectivity index (χ4v) is 0.498. The molecule has 0 fully saturated rings. The normalized spacial score (nSPS) is 8.91. The van der Waals surface area contributed by atoms with Gasteiger partial charge in [0.2, 0.25) is 0 Å². The summed E-state index contributed by atoms with van der Waals surface area (Å²) in [4.78, 5) is 10.6. The van der Waals surface area contributed by atoms with Gasteiger partial charge in [0.05, 0.1) is 13.2 Å². The second-order valence-corrected chi connectivity index (χ2v) is 2.85. The summed E-state index contributed by atoms with van der Waals surface area (Å²) < 4.78 is 5.14. The van der Waals surface area contributed by atoms with Crippen LogP contribution < -0.4 is 5.32 Å². The van der Waals surface area contributed by atoms with Gasteiger partial charge < -0.3 is 15.2 Å². The summed E-state index contributed by atoms with van der Waals surface area (Å²) in [5.41, 5.74) is 0. The Morgan fingerprint density at radius 3 is 2.82 bits per heavy atom. The van der Waals surface area contributed by atoms with Crippen LogP contribution in [0.1, 0.15) is 0 Å². The summed E-state index contributed by atoms with van der Waals surface area (Å²) in [5, 5.41) is 10.7. The number of aliphatic hydroxyl groups excluding tert-OH is 1. The average Bonchev–Trinajstić information content (AvgIpc) is 1.97. The lowest BCUT2D eigenvalue weighted by molar-refractivity contribution is 0.120. The highest BCUT2D eigenvalue weighted by Crippen LogP contribution is 1.96. The van der Waals surface area contributed by atoms with Gasteiger partial charge in [-0.2, -0.15) is 0 Å². The van der Waals surface area contributed by atoms with E-state index in [0.29, 0.717) is 11.0 Å². The molecule has 0 saturated carbocycles. The summed E-state index contributed by atoms with van der Waals surface area (Å²) in [6, 6.07) is 0. The zero-order chi connectivity index (χ0) is 8.69. The molecule has 0 saturated heterocycles. The lowest BCUT2D eigenvalue weighted by Gasteiger charge is -2.03. The fourth-order valence-electron chi connectivity index (χ4n) is 0.357. The van der Waals surface area contributed by atoms with E-state index < -0.39 is 6.09 Å². The number of ether oxygens (including phenoxy) is 1. The molecule has 1 amide bonds. The minimum Gasteiger partial charge on any atom is -0.447 e. The monoisotopic (exact) mass is 223 g/mol. The molecule has 64 valence electrons. The van der Waals surface area contributed by atoms with Crippen LogP contribution in [-0.4, -0.2) is 31.0 Å². The summed E-state index contributed by atoms with van der Waals surface area (Å²) in [6.45, 7) is 3.68. The highest BCUT2D eigenvalue weighted by atomic mass is 79.9. The number of halogens is 1. The van der Waals surface area contributed by atoms with Crippen molar-refractivity contribution in [1.29, 1.82) is 0 Å². The number of aliphatic hydroxyl groups is 1. The number of carbonyl (C=O) groups excluding carboxylic acids is 1. The van der Waals surface area contributed by atoms with Crippen LogP contribution in [0.4, 0.5) is 4.79 Å². The zero-order valence-electron chi connectivity index (χ0n) is 5.97. The van der Waals surface area contributed by atoms with Gasteiger partial charge in [-0.05, 0) is 0 Å². The smallest absolute Gasteiger partial charge is 0.407 e. The van der Waals surface area contributed by atoms with E-state index in [1.165, 1.54) is 0 Å². The molecule has 0 bridgehead atoms. The van der Waals surface area contributed by atoms with Gasteiger partial charge in [-0.3, -0.25) is 0 Å². The van der Waals surface area contributed by atoms with Crippen molar-refractivity contribution in [3.63, 3.8) is 0 Å². The number of alkyl carbamates (subject to hydrolysis) is 1. The standard InChI is InChI=1S/C6H10BrNO3/c1-5(7)4-8-6(10)11-3-2-9/h9H,1-4H2,(H,8,10). The Kier molecular flexibility index (Phi) is 5.87. The third-order valence-corrected chi connectivity index (χ3v) is 1.03. The van der Waals surface area contributed by atoms with Crippen LogP contribution >= 0.6 is 15.9 Å². The Morgan fingerprint density at radius 2 is 2.36 bits per heavy atom. The van der Waals surface area contributed by atoms with Gasteiger partial charge in [0.1, 0.15) is 6.61 Å². The maximum absolute atomic E-state index is 10.6. The van der Waals surface area contributed by atoms with E-state index in [9.17, 15) is 4.79 Å². The van der Waals surface area contributed by atoms with Gasteiger partial charge >= 0.3 is 6.09 Å². The van der Waals surface area contributed by atoms with Gasteiger partial charge in [0.25, 0.3) is 0 Å². The van der Waals surface area contributed by atoms with Crippen LogP contribution in [0.5, 0.6) is 0 Å². The van der Waals surface area contributed by atoms with Crippen LogP contribution in [0.15, 0.2) is 11.1 Å². The van der Waals surface area contributed by atoms with Gasteiger partial charge in [-0.25, -0.2) is 4.79 Å². The number of carbonyl (C=O) groups is 1. The average molecular weight is 224 g/mol. The molecule has 0 radical (unpaired) electrons. The second-order valence-electron chi connectivity index (χ2n) is 1.73. The molecule has 0 atom stereocenters. The molecule has 4 nitrogen and oxygen atoms in total. The topological polar surface area (TPSA) is 58.6 Å². The largest absolute Gasteiger partial charge is 0.447 e. The van der Waals surface area contributed by atoms with Crippen LogP contribution in [0.25, 0.3) is 0 Å². The SMILES string of the molecule is C=C(Br)CNC(=O)OCCO. The first-order valence-electron chi connectivity index (χ1n) is 3.01. The Hall–Kier alpha value is -0.550.